The molecule has 4 aromatic rings. The van der Waals surface area contributed by atoms with Crippen LogP contribution in [0.5, 0.6) is 0 Å². The smallest absolute Gasteiger partial charge is 0.282 e. The Hall–Kier alpha value is -3.13. The molecule has 0 spiro atoms. The highest BCUT2D eigenvalue weighted by Gasteiger charge is 2.12. The molecule has 0 heterocycles. The van der Waals surface area contributed by atoms with Crippen molar-refractivity contribution in [1.29, 1.82) is 0 Å². The van der Waals surface area contributed by atoms with Crippen LogP contribution < -0.4 is 0 Å². The fourth-order valence-electron chi connectivity index (χ4n) is 2.72. The summed E-state index contributed by atoms with van der Waals surface area (Å²) in [5.41, 5.74) is 0.956. The lowest BCUT2D eigenvalue weighted by molar-refractivity contribution is 0.481. The van der Waals surface area contributed by atoms with Crippen LogP contribution in [0.1, 0.15) is 5.56 Å². The van der Waals surface area contributed by atoms with Crippen LogP contribution >= 0.6 is 0 Å². The first-order chi connectivity index (χ1) is 16.2. The lowest BCUT2D eigenvalue weighted by atomic mass is 10.1. The van der Waals surface area contributed by atoms with Crippen molar-refractivity contribution in [3.05, 3.63) is 103 Å². The molecule has 9 nitrogen and oxygen atoms in total. The van der Waals surface area contributed by atoms with E-state index in [0.29, 0.717) is 5.39 Å². The summed E-state index contributed by atoms with van der Waals surface area (Å²) in [7, 11) is -12.2. The SMILES string of the molecule is Cc1ccc(S(=O)(=O)O)cc1.O=S(=O)(O)c1cccc2ccccc12.O=S(=O)(O)c1ccccc1. The zero-order valence-corrected chi connectivity index (χ0v) is 20.7. The molecule has 0 aliphatic heterocycles. The van der Waals surface area contributed by atoms with Gasteiger partial charge in [0.15, 0.2) is 0 Å². The van der Waals surface area contributed by atoms with Gasteiger partial charge in [0.05, 0.1) is 9.79 Å². The highest BCUT2D eigenvalue weighted by Crippen LogP contribution is 2.22. The van der Waals surface area contributed by atoms with Crippen LogP contribution in [0.25, 0.3) is 10.8 Å². The summed E-state index contributed by atoms with van der Waals surface area (Å²) in [6.07, 6.45) is 0. The number of rotatable bonds is 3. The Bertz CT molecular complexity index is 1590. The third-order valence-corrected chi connectivity index (χ3v) is 7.04. The van der Waals surface area contributed by atoms with E-state index in [1.165, 1.54) is 30.3 Å². The number of fused-ring (bicyclic) bond motifs is 1. The van der Waals surface area contributed by atoms with E-state index in [-0.39, 0.29) is 14.7 Å². The molecule has 0 atom stereocenters. The Labute approximate surface area is 203 Å². The predicted octanol–water partition coefficient (Wildman–Crippen LogP) is 4.26. The van der Waals surface area contributed by atoms with Gasteiger partial charge in [0.2, 0.25) is 0 Å². The molecule has 0 unspecified atom stereocenters. The number of benzene rings is 4. The molecule has 0 aromatic heterocycles. The van der Waals surface area contributed by atoms with E-state index >= 15 is 0 Å². The Kier molecular flexibility index (Phi) is 9.26. The van der Waals surface area contributed by atoms with E-state index < -0.39 is 30.4 Å². The van der Waals surface area contributed by atoms with Gasteiger partial charge in [-0.2, -0.15) is 25.3 Å². The van der Waals surface area contributed by atoms with Gasteiger partial charge < -0.3 is 0 Å². The zero-order chi connectivity index (χ0) is 26.3. The first-order valence-corrected chi connectivity index (χ1v) is 14.0. The number of hydrogen-bond donors (Lipinski definition) is 3. The van der Waals surface area contributed by atoms with Gasteiger partial charge in [0.25, 0.3) is 30.4 Å². The lowest BCUT2D eigenvalue weighted by Crippen LogP contribution is -1.98. The predicted molar refractivity (Wildman–Crippen MR) is 131 cm³/mol. The molecule has 0 fully saturated rings. The van der Waals surface area contributed by atoms with Crippen molar-refractivity contribution in [2.45, 2.75) is 21.6 Å². The maximum atomic E-state index is 11.0. The van der Waals surface area contributed by atoms with Crippen molar-refractivity contribution in [2.75, 3.05) is 0 Å². The minimum atomic E-state index is -4.13. The second-order valence-electron chi connectivity index (χ2n) is 7.03. The quantitative estimate of drug-likeness (QED) is 0.323. The molecule has 0 aliphatic rings. The van der Waals surface area contributed by atoms with Crippen LogP contribution in [0.2, 0.25) is 0 Å². The standard InChI is InChI=1S/C10H8O3S.C7H8O3S.C6H6O3S/c11-14(12,13)10-7-3-5-8-4-1-2-6-9(8)10;1-6-2-4-7(5-3-6)11(8,9)10;7-10(8,9)6-4-2-1-3-5-6/h1-7H,(H,11,12,13);2-5H,1H3,(H,8,9,10);1-5H,(H,7,8,9). The lowest BCUT2D eigenvalue weighted by Gasteiger charge is -2.02. The van der Waals surface area contributed by atoms with Gasteiger partial charge in [-0.05, 0) is 42.6 Å². The first-order valence-electron chi connectivity index (χ1n) is 9.71. The summed E-state index contributed by atoms with van der Waals surface area (Å²) in [4.78, 5) is -0.186. The fourth-order valence-corrected chi connectivity index (χ4v) is 4.42. The molecule has 0 saturated heterocycles. The van der Waals surface area contributed by atoms with E-state index in [1.807, 2.05) is 13.0 Å². The van der Waals surface area contributed by atoms with Gasteiger partial charge in [-0.25, -0.2) is 0 Å². The summed E-state index contributed by atoms with van der Waals surface area (Å²) in [5.74, 6) is 0. The van der Waals surface area contributed by atoms with Crippen molar-refractivity contribution in [1.82, 2.24) is 0 Å². The van der Waals surface area contributed by atoms with Gasteiger partial charge in [0, 0.05) is 5.39 Å². The molecule has 186 valence electrons. The summed E-state index contributed by atoms with van der Waals surface area (Å²) in [6.45, 7) is 1.84. The van der Waals surface area contributed by atoms with Gasteiger partial charge >= 0.3 is 0 Å². The molecule has 3 N–H and O–H groups in total. The second-order valence-corrected chi connectivity index (χ2v) is 11.3. The van der Waals surface area contributed by atoms with E-state index in [1.54, 1.807) is 60.7 Å². The van der Waals surface area contributed by atoms with E-state index in [4.69, 9.17) is 13.7 Å². The molecule has 0 amide bonds. The third kappa shape index (κ3) is 8.87. The van der Waals surface area contributed by atoms with Gasteiger partial charge in [-0.1, -0.05) is 72.3 Å². The van der Waals surface area contributed by atoms with Crippen molar-refractivity contribution >= 4 is 41.1 Å². The van der Waals surface area contributed by atoms with Crippen molar-refractivity contribution in [2.24, 2.45) is 0 Å². The monoisotopic (exact) mass is 538 g/mol. The van der Waals surface area contributed by atoms with Crippen LogP contribution in [0.4, 0.5) is 0 Å². The average molecular weight is 539 g/mol. The van der Waals surface area contributed by atoms with Gasteiger partial charge in [-0.3, -0.25) is 13.7 Å². The van der Waals surface area contributed by atoms with Crippen LogP contribution in [-0.2, 0) is 30.4 Å². The van der Waals surface area contributed by atoms with Crippen molar-refractivity contribution in [3.8, 4) is 0 Å². The average Bonchev–Trinajstić information content (AvgIpc) is 2.79. The summed E-state index contributed by atoms with van der Waals surface area (Å²) in [6, 6.07) is 25.2. The maximum Gasteiger partial charge on any atom is 0.295 e. The van der Waals surface area contributed by atoms with Gasteiger partial charge in [-0.15, -0.1) is 0 Å². The third-order valence-electron chi connectivity index (χ3n) is 4.39. The first kappa shape index (κ1) is 28.1. The largest absolute Gasteiger partial charge is 0.295 e. The molecule has 0 saturated carbocycles. The van der Waals surface area contributed by atoms with Crippen LogP contribution in [0.3, 0.4) is 0 Å². The van der Waals surface area contributed by atoms with E-state index in [0.717, 1.165) is 10.9 Å². The second kappa shape index (κ2) is 11.5. The molecule has 4 rings (SSSR count). The fraction of sp³-hybridized carbons (Fsp3) is 0.0435. The number of aryl methyl sites for hydroxylation is 1. The molecule has 4 aromatic carbocycles. The van der Waals surface area contributed by atoms with Crippen molar-refractivity contribution < 1.29 is 38.9 Å². The number of hydrogen-bond acceptors (Lipinski definition) is 6. The van der Waals surface area contributed by atoms with Crippen LogP contribution in [0, 0.1) is 6.92 Å². The Balaban J connectivity index is 0.000000189. The molecular weight excluding hydrogens is 516 g/mol. The molecule has 12 heteroatoms. The molecule has 0 aliphatic carbocycles. The summed E-state index contributed by atoms with van der Waals surface area (Å²) < 4.78 is 89.8. The molecule has 0 radical (unpaired) electrons. The van der Waals surface area contributed by atoms with Crippen molar-refractivity contribution in [3.63, 3.8) is 0 Å². The molecule has 0 bridgehead atoms. The normalized spacial score (nSPS) is 11.5. The summed E-state index contributed by atoms with van der Waals surface area (Å²) in [5, 5.41) is 1.33. The molecular formula is C23H22O9S3. The Morgan fingerprint density at radius 1 is 0.486 bits per heavy atom. The minimum Gasteiger partial charge on any atom is -0.282 e. The molecule has 35 heavy (non-hydrogen) atoms. The van der Waals surface area contributed by atoms with E-state index in [2.05, 4.69) is 0 Å². The highest BCUT2D eigenvalue weighted by molar-refractivity contribution is 7.86. The Morgan fingerprint density at radius 3 is 1.43 bits per heavy atom. The maximum absolute atomic E-state index is 11.0. The zero-order valence-electron chi connectivity index (χ0n) is 18.3. The minimum absolute atomic E-state index is 0.0457. The van der Waals surface area contributed by atoms with E-state index in [9.17, 15) is 25.3 Å². The topological polar surface area (TPSA) is 163 Å². The van der Waals surface area contributed by atoms with Crippen LogP contribution in [-0.4, -0.2) is 38.9 Å². The summed E-state index contributed by atoms with van der Waals surface area (Å²) >= 11 is 0. The Morgan fingerprint density at radius 2 is 0.943 bits per heavy atom. The van der Waals surface area contributed by atoms with Crippen LogP contribution in [0.15, 0.2) is 112 Å². The van der Waals surface area contributed by atoms with Gasteiger partial charge in [0.1, 0.15) is 4.90 Å². The highest BCUT2D eigenvalue weighted by atomic mass is 32.2.